The first kappa shape index (κ1) is 8.72. The Labute approximate surface area is 69.1 Å². The van der Waals surface area contributed by atoms with Crippen LogP contribution in [0.1, 0.15) is 32.6 Å². The predicted molar refractivity (Wildman–Crippen MR) is 49.3 cm³/mol. The molecule has 0 saturated carbocycles. The SMILES string of the molecule is CC1=NCCNCCCCC1. The highest BCUT2D eigenvalue weighted by molar-refractivity contribution is 5.81. The minimum atomic E-state index is 0.964. The number of hydrogen-bond acceptors (Lipinski definition) is 2. The average Bonchev–Trinajstić information content (AvgIpc) is 2.03. The van der Waals surface area contributed by atoms with E-state index in [1.807, 2.05) is 0 Å². The van der Waals surface area contributed by atoms with Crippen molar-refractivity contribution in [3.05, 3.63) is 0 Å². The third-order valence-electron chi connectivity index (χ3n) is 2.06. The van der Waals surface area contributed by atoms with Gasteiger partial charge in [-0.15, -0.1) is 0 Å². The summed E-state index contributed by atoms with van der Waals surface area (Å²) in [7, 11) is 0. The minimum Gasteiger partial charge on any atom is -0.315 e. The molecule has 2 nitrogen and oxygen atoms in total. The Balaban J connectivity index is 2.27. The van der Waals surface area contributed by atoms with Gasteiger partial charge in [0, 0.05) is 12.3 Å². The van der Waals surface area contributed by atoms with Crippen LogP contribution in [0.2, 0.25) is 0 Å². The number of rotatable bonds is 0. The second-order valence-electron chi connectivity index (χ2n) is 3.18. The van der Waals surface area contributed by atoms with Crippen molar-refractivity contribution < 1.29 is 0 Å². The van der Waals surface area contributed by atoms with Gasteiger partial charge in [-0.3, -0.25) is 4.99 Å². The normalized spacial score (nSPS) is 22.5. The fourth-order valence-corrected chi connectivity index (χ4v) is 1.34. The Morgan fingerprint density at radius 3 is 3.00 bits per heavy atom. The lowest BCUT2D eigenvalue weighted by Crippen LogP contribution is -2.20. The van der Waals surface area contributed by atoms with Crippen LogP contribution in [0.5, 0.6) is 0 Å². The quantitative estimate of drug-likeness (QED) is 0.563. The average molecular weight is 154 g/mol. The largest absolute Gasteiger partial charge is 0.315 e. The van der Waals surface area contributed by atoms with E-state index in [0.29, 0.717) is 0 Å². The van der Waals surface area contributed by atoms with Crippen LogP contribution in [-0.4, -0.2) is 25.3 Å². The van der Waals surface area contributed by atoms with E-state index in [1.165, 1.54) is 37.9 Å². The Morgan fingerprint density at radius 2 is 2.09 bits per heavy atom. The lowest BCUT2D eigenvalue weighted by atomic mass is 10.1. The molecule has 0 bridgehead atoms. The second kappa shape index (κ2) is 5.30. The zero-order valence-electron chi connectivity index (χ0n) is 7.40. The summed E-state index contributed by atoms with van der Waals surface area (Å²) in [5.74, 6) is 0. The maximum absolute atomic E-state index is 4.44. The molecule has 0 aromatic rings. The van der Waals surface area contributed by atoms with E-state index in [4.69, 9.17) is 0 Å². The Morgan fingerprint density at radius 1 is 1.18 bits per heavy atom. The fraction of sp³-hybridized carbons (Fsp3) is 0.889. The Hall–Kier alpha value is -0.370. The van der Waals surface area contributed by atoms with Gasteiger partial charge in [-0.25, -0.2) is 0 Å². The third kappa shape index (κ3) is 4.14. The first-order valence-corrected chi connectivity index (χ1v) is 4.60. The van der Waals surface area contributed by atoms with Gasteiger partial charge in [0.2, 0.25) is 0 Å². The van der Waals surface area contributed by atoms with Crippen molar-refractivity contribution in [2.24, 2.45) is 4.99 Å². The molecule has 1 aliphatic heterocycles. The molecule has 0 saturated heterocycles. The lowest BCUT2D eigenvalue weighted by molar-refractivity contribution is 0.605. The van der Waals surface area contributed by atoms with E-state index < -0.39 is 0 Å². The van der Waals surface area contributed by atoms with Crippen molar-refractivity contribution in [3.63, 3.8) is 0 Å². The topological polar surface area (TPSA) is 24.4 Å². The molecule has 0 amide bonds. The van der Waals surface area contributed by atoms with Crippen LogP contribution in [0.25, 0.3) is 0 Å². The van der Waals surface area contributed by atoms with Crippen molar-refractivity contribution in [2.75, 3.05) is 19.6 Å². The Kier molecular flexibility index (Phi) is 4.21. The van der Waals surface area contributed by atoms with Crippen LogP contribution in [0.15, 0.2) is 4.99 Å². The zero-order valence-corrected chi connectivity index (χ0v) is 7.40. The van der Waals surface area contributed by atoms with Crippen LogP contribution in [0, 0.1) is 0 Å². The van der Waals surface area contributed by atoms with Crippen molar-refractivity contribution >= 4 is 5.71 Å². The van der Waals surface area contributed by atoms with Gasteiger partial charge >= 0.3 is 0 Å². The standard InChI is InChI=1S/C9H18N2/c1-9-5-3-2-4-6-10-7-8-11-9/h10H,2-8H2,1H3. The van der Waals surface area contributed by atoms with Crippen LogP contribution in [0.4, 0.5) is 0 Å². The summed E-state index contributed by atoms with van der Waals surface area (Å²) >= 11 is 0. The second-order valence-corrected chi connectivity index (χ2v) is 3.18. The Bertz CT molecular complexity index is 130. The highest BCUT2D eigenvalue weighted by Gasteiger charge is 1.95. The molecule has 0 aromatic heterocycles. The van der Waals surface area contributed by atoms with Crippen LogP contribution in [-0.2, 0) is 0 Å². The van der Waals surface area contributed by atoms with Gasteiger partial charge in [-0.05, 0) is 32.7 Å². The summed E-state index contributed by atoms with van der Waals surface area (Å²) < 4.78 is 0. The predicted octanol–water partition coefficient (Wildman–Crippen LogP) is 1.61. The van der Waals surface area contributed by atoms with E-state index in [1.54, 1.807) is 0 Å². The molecule has 1 heterocycles. The van der Waals surface area contributed by atoms with Crippen molar-refractivity contribution in [1.29, 1.82) is 0 Å². The van der Waals surface area contributed by atoms with Crippen molar-refractivity contribution in [2.45, 2.75) is 32.6 Å². The van der Waals surface area contributed by atoms with Gasteiger partial charge < -0.3 is 5.32 Å². The molecule has 1 rings (SSSR count). The summed E-state index contributed by atoms with van der Waals surface area (Å²) in [6.45, 7) is 5.33. The van der Waals surface area contributed by atoms with E-state index >= 15 is 0 Å². The molecule has 0 aromatic carbocycles. The molecule has 0 unspecified atom stereocenters. The van der Waals surface area contributed by atoms with Crippen molar-refractivity contribution in [3.8, 4) is 0 Å². The molecule has 0 aliphatic carbocycles. The monoisotopic (exact) mass is 154 g/mol. The summed E-state index contributed by atoms with van der Waals surface area (Å²) in [6, 6.07) is 0. The van der Waals surface area contributed by atoms with Gasteiger partial charge in [-0.2, -0.15) is 0 Å². The van der Waals surface area contributed by atoms with Crippen LogP contribution >= 0.6 is 0 Å². The van der Waals surface area contributed by atoms with Gasteiger partial charge in [0.15, 0.2) is 0 Å². The van der Waals surface area contributed by atoms with Gasteiger partial charge in [0.05, 0.1) is 6.54 Å². The summed E-state index contributed by atoms with van der Waals surface area (Å²) in [5.41, 5.74) is 1.33. The molecule has 11 heavy (non-hydrogen) atoms. The highest BCUT2D eigenvalue weighted by atomic mass is 14.9. The van der Waals surface area contributed by atoms with E-state index in [0.717, 1.165) is 13.1 Å². The number of nitrogens with zero attached hydrogens (tertiary/aromatic N) is 1. The molecule has 1 N–H and O–H groups in total. The highest BCUT2D eigenvalue weighted by Crippen LogP contribution is 2.01. The number of hydrogen-bond donors (Lipinski definition) is 1. The first-order chi connectivity index (χ1) is 5.39. The molecule has 0 atom stereocenters. The minimum absolute atomic E-state index is 0.964. The summed E-state index contributed by atoms with van der Waals surface area (Å²) in [6.07, 6.45) is 5.20. The van der Waals surface area contributed by atoms with Gasteiger partial charge in [0.1, 0.15) is 0 Å². The lowest BCUT2D eigenvalue weighted by Gasteiger charge is -2.06. The van der Waals surface area contributed by atoms with Gasteiger partial charge in [-0.1, -0.05) is 6.42 Å². The maximum Gasteiger partial charge on any atom is 0.0513 e. The smallest absolute Gasteiger partial charge is 0.0513 e. The zero-order chi connectivity index (χ0) is 7.94. The van der Waals surface area contributed by atoms with E-state index in [9.17, 15) is 0 Å². The fourth-order valence-electron chi connectivity index (χ4n) is 1.34. The van der Waals surface area contributed by atoms with Gasteiger partial charge in [0.25, 0.3) is 0 Å². The van der Waals surface area contributed by atoms with Crippen LogP contribution in [0.3, 0.4) is 0 Å². The van der Waals surface area contributed by atoms with E-state index in [-0.39, 0.29) is 0 Å². The molecular formula is C9H18N2. The molecular weight excluding hydrogens is 136 g/mol. The molecule has 0 spiro atoms. The molecule has 0 fully saturated rings. The van der Waals surface area contributed by atoms with Crippen molar-refractivity contribution in [1.82, 2.24) is 5.32 Å². The maximum atomic E-state index is 4.44. The third-order valence-corrected chi connectivity index (χ3v) is 2.06. The molecule has 1 aliphatic rings. The molecule has 2 heteroatoms. The summed E-state index contributed by atoms with van der Waals surface area (Å²) in [4.78, 5) is 4.44. The number of nitrogens with one attached hydrogen (secondary N) is 1. The van der Waals surface area contributed by atoms with Crippen LogP contribution < -0.4 is 5.32 Å². The van der Waals surface area contributed by atoms with E-state index in [2.05, 4.69) is 17.2 Å². The molecule has 64 valence electrons. The first-order valence-electron chi connectivity index (χ1n) is 4.60. The summed E-state index contributed by atoms with van der Waals surface area (Å²) in [5, 5.41) is 3.37. The number of aliphatic imine (C=N–C) groups is 1. The molecule has 0 radical (unpaired) electrons.